The molecule has 20 heavy (non-hydrogen) atoms. The Morgan fingerprint density at radius 3 is 2.45 bits per heavy atom. The molecule has 6 heteroatoms. The van der Waals surface area contributed by atoms with Gasteiger partial charge in [0, 0.05) is 24.5 Å². The predicted molar refractivity (Wildman–Crippen MR) is 77.0 cm³/mol. The molecule has 1 aliphatic rings. The van der Waals surface area contributed by atoms with Crippen molar-refractivity contribution in [3.05, 3.63) is 24.3 Å². The second-order valence-corrected chi connectivity index (χ2v) is 5.56. The summed E-state index contributed by atoms with van der Waals surface area (Å²) in [6.45, 7) is 6.72. The third-order valence-corrected chi connectivity index (χ3v) is 2.68. The summed E-state index contributed by atoms with van der Waals surface area (Å²) in [7, 11) is 0. The highest BCUT2D eigenvalue weighted by atomic mass is 16.6. The van der Waals surface area contributed by atoms with E-state index in [-0.39, 0.29) is 6.03 Å². The van der Waals surface area contributed by atoms with Gasteiger partial charge in [0.15, 0.2) is 0 Å². The van der Waals surface area contributed by atoms with Crippen molar-refractivity contribution in [1.29, 1.82) is 0 Å². The number of urea groups is 1. The molecule has 1 fully saturated rings. The molecule has 0 aliphatic carbocycles. The van der Waals surface area contributed by atoms with Gasteiger partial charge in [-0.15, -0.1) is 0 Å². The van der Waals surface area contributed by atoms with Crippen LogP contribution in [-0.2, 0) is 4.74 Å². The highest BCUT2D eigenvalue weighted by molar-refractivity contribution is 5.94. The van der Waals surface area contributed by atoms with Gasteiger partial charge < -0.3 is 10.1 Å². The monoisotopic (exact) mass is 277 g/mol. The SMILES string of the molecule is CC(C)(C)OC(=O)Nc1ccc(N2CCNC2=O)cc1. The molecule has 1 aromatic rings. The number of ether oxygens (including phenoxy) is 1. The van der Waals surface area contributed by atoms with Crippen LogP contribution >= 0.6 is 0 Å². The van der Waals surface area contributed by atoms with E-state index < -0.39 is 11.7 Å². The lowest BCUT2D eigenvalue weighted by atomic mass is 10.2. The third kappa shape index (κ3) is 3.63. The highest BCUT2D eigenvalue weighted by Gasteiger charge is 2.21. The molecule has 0 saturated carbocycles. The van der Waals surface area contributed by atoms with Gasteiger partial charge in [0.1, 0.15) is 5.60 Å². The molecule has 3 amide bonds. The second-order valence-electron chi connectivity index (χ2n) is 5.56. The number of nitrogens with zero attached hydrogens (tertiary/aromatic N) is 1. The summed E-state index contributed by atoms with van der Waals surface area (Å²) in [5.41, 5.74) is 0.898. The average Bonchev–Trinajstić information content (AvgIpc) is 2.74. The Hall–Kier alpha value is -2.24. The lowest BCUT2D eigenvalue weighted by Gasteiger charge is -2.20. The Morgan fingerprint density at radius 1 is 1.30 bits per heavy atom. The van der Waals surface area contributed by atoms with Gasteiger partial charge in [-0.2, -0.15) is 0 Å². The number of hydrogen-bond acceptors (Lipinski definition) is 3. The second kappa shape index (κ2) is 5.40. The number of benzene rings is 1. The van der Waals surface area contributed by atoms with Crippen LogP contribution in [0.5, 0.6) is 0 Å². The summed E-state index contributed by atoms with van der Waals surface area (Å²) in [6, 6.07) is 6.96. The highest BCUT2D eigenvalue weighted by Crippen LogP contribution is 2.20. The van der Waals surface area contributed by atoms with Crippen LogP contribution in [0.2, 0.25) is 0 Å². The van der Waals surface area contributed by atoms with Crippen LogP contribution in [0.15, 0.2) is 24.3 Å². The summed E-state index contributed by atoms with van der Waals surface area (Å²) in [5.74, 6) is 0. The van der Waals surface area contributed by atoms with Crippen LogP contribution in [0.25, 0.3) is 0 Å². The molecule has 0 spiro atoms. The Balaban J connectivity index is 1.98. The van der Waals surface area contributed by atoms with E-state index in [1.807, 2.05) is 20.8 Å². The van der Waals surface area contributed by atoms with Crippen molar-refractivity contribution in [2.24, 2.45) is 0 Å². The number of anilines is 2. The first-order valence-electron chi connectivity index (χ1n) is 6.50. The van der Waals surface area contributed by atoms with E-state index >= 15 is 0 Å². The number of carbonyl (C=O) groups excluding carboxylic acids is 2. The first-order chi connectivity index (χ1) is 9.35. The van der Waals surface area contributed by atoms with Crippen molar-refractivity contribution in [2.45, 2.75) is 26.4 Å². The molecule has 1 aliphatic heterocycles. The molecule has 1 aromatic carbocycles. The van der Waals surface area contributed by atoms with Crippen molar-refractivity contribution in [3.63, 3.8) is 0 Å². The molecule has 0 unspecified atom stereocenters. The minimum Gasteiger partial charge on any atom is -0.444 e. The first-order valence-corrected chi connectivity index (χ1v) is 6.50. The molecule has 0 bridgehead atoms. The third-order valence-electron chi connectivity index (χ3n) is 2.68. The minimum atomic E-state index is -0.530. The van der Waals surface area contributed by atoms with Crippen LogP contribution < -0.4 is 15.5 Å². The normalized spacial score (nSPS) is 14.9. The quantitative estimate of drug-likeness (QED) is 0.872. The number of rotatable bonds is 2. The summed E-state index contributed by atoms with van der Waals surface area (Å²) in [4.78, 5) is 24.8. The number of amides is 3. The zero-order valence-corrected chi connectivity index (χ0v) is 11.9. The van der Waals surface area contributed by atoms with E-state index in [1.54, 1.807) is 29.2 Å². The van der Waals surface area contributed by atoms with Gasteiger partial charge in [-0.05, 0) is 45.0 Å². The van der Waals surface area contributed by atoms with Crippen molar-refractivity contribution in [1.82, 2.24) is 5.32 Å². The van der Waals surface area contributed by atoms with Crippen molar-refractivity contribution < 1.29 is 14.3 Å². The van der Waals surface area contributed by atoms with E-state index in [4.69, 9.17) is 4.74 Å². The molecule has 0 atom stereocenters. The van der Waals surface area contributed by atoms with E-state index in [2.05, 4.69) is 10.6 Å². The zero-order chi connectivity index (χ0) is 14.8. The zero-order valence-electron chi connectivity index (χ0n) is 11.9. The van der Waals surface area contributed by atoms with Gasteiger partial charge in [-0.25, -0.2) is 9.59 Å². The Bertz CT molecular complexity index is 505. The van der Waals surface area contributed by atoms with Crippen LogP contribution in [0.3, 0.4) is 0 Å². The van der Waals surface area contributed by atoms with E-state index in [0.29, 0.717) is 18.8 Å². The summed E-state index contributed by atoms with van der Waals surface area (Å²) in [5, 5.41) is 5.39. The van der Waals surface area contributed by atoms with Crippen molar-refractivity contribution in [3.8, 4) is 0 Å². The molecule has 2 N–H and O–H groups in total. The van der Waals surface area contributed by atoms with E-state index in [0.717, 1.165) is 5.69 Å². The molecule has 1 heterocycles. The van der Waals surface area contributed by atoms with E-state index in [1.165, 1.54) is 0 Å². The van der Waals surface area contributed by atoms with Gasteiger partial charge in [0.05, 0.1) is 0 Å². The molecular weight excluding hydrogens is 258 g/mol. The lowest BCUT2D eigenvalue weighted by molar-refractivity contribution is 0.0636. The van der Waals surface area contributed by atoms with Gasteiger partial charge in [0.2, 0.25) is 0 Å². The fraction of sp³-hybridized carbons (Fsp3) is 0.429. The van der Waals surface area contributed by atoms with Crippen LogP contribution in [0.1, 0.15) is 20.8 Å². The maximum Gasteiger partial charge on any atom is 0.412 e. The Morgan fingerprint density at radius 2 is 1.95 bits per heavy atom. The largest absolute Gasteiger partial charge is 0.444 e. The standard InChI is InChI=1S/C14H19N3O3/c1-14(2,3)20-13(19)16-10-4-6-11(7-5-10)17-9-8-15-12(17)18/h4-7H,8-9H2,1-3H3,(H,15,18)(H,16,19). The molecule has 1 saturated heterocycles. The first kappa shape index (κ1) is 14.2. The number of hydrogen-bond donors (Lipinski definition) is 2. The molecule has 0 radical (unpaired) electrons. The molecule has 6 nitrogen and oxygen atoms in total. The van der Waals surface area contributed by atoms with Gasteiger partial charge in [0.25, 0.3) is 0 Å². The van der Waals surface area contributed by atoms with Crippen LogP contribution in [0.4, 0.5) is 21.0 Å². The van der Waals surface area contributed by atoms with Gasteiger partial charge in [-0.3, -0.25) is 10.2 Å². The molecule has 108 valence electrons. The number of nitrogens with one attached hydrogen (secondary N) is 2. The smallest absolute Gasteiger partial charge is 0.412 e. The Labute approximate surface area is 118 Å². The average molecular weight is 277 g/mol. The van der Waals surface area contributed by atoms with Crippen molar-refractivity contribution >= 4 is 23.5 Å². The molecule has 0 aromatic heterocycles. The van der Waals surface area contributed by atoms with Crippen LogP contribution in [-0.4, -0.2) is 30.8 Å². The van der Waals surface area contributed by atoms with Gasteiger partial charge >= 0.3 is 12.1 Å². The van der Waals surface area contributed by atoms with Gasteiger partial charge in [-0.1, -0.05) is 0 Å². The predicted octanol–water partition coefficient (Wildman–Crippen LogP) is 2.56. The minimum absolute atomic E-state index is 0.0992. The fourth-order valence-corrected chi connectivity index (χ4v) is 1.86. The van der Waals surface area contributed by atoms with Crippen LogP contribution in [0, 0.1) is 0 Å². The van der Waals surface area contributed by atoms with Crippen molar-refractivity contribution in [2.75, 3.05) is 23.3 Å². The maximum atomic E-state index is 11.6. The molecule has 2 rings (SSSR count). The molecular formula is C14H19N3O3. The topological polar surface area (TPSA) is 70.7 Å². The summed E-state index contributed by atoms with van der Waals surface area (Å²) < 4.78 is 5.16. The fourth-order valence-electron chi connectivity index (χ4n) is 1.86. The maximum absolute atomic E-state index is 11.6. The number of carbonyl (C=O) groups is 2. The van der Waals surface area contributed by atoms with E-state index in [9.17, 15) is 9.59 Å². The summed E-state index contributed by atoms with van der Waals surface area (Å²) in [6.07, 6.45) is -0.496. The Kier molecular flexibility index (Phi) is 3.83. The summed E-state index contributed by atoms with van der Waals surface area (Å²) >= 11 is 0. The lowest BCUT2D eigenvalue weighted by Crippen LogP contribution is -2.28.